The van der Waals surface area contributed by atoms with Gasteiger partial charge in [-0.1, -0.05) is 27.7 Å². The molecule has 5 rings (SSSR count). The van der Waals surface area contributed by atoms with Crippen LogP contribution in [0.25, 0.3) is 0 Å². The third kappa shape index (κ3) is 4.48. The van der Waals surface area contributed by atoms with Crippen LogP contribution in [0, 0.1) is 34.5 Å². The second kappa shape index (κ2) is 9.06. The van der Waals surface area contributed by atoms with Crippen molar-refractivity contribution >= 4 is 11.6 Å². The van der Waals surface area contributed by atoms with Crippen molar-refractivity contribution in [2.45, 2.75) is 78.6 Å². The van der Waals surface area contributed by atoms with Crippen LogP contribution in [0.4, 0.5) is 5.69 Å². The Hall–Kier alpha value is -3.04. The number of nitriles is 1. The highest BCUT2D eigenvalue weighted by Gasteiger charge is 2.64. The van der Waals surface area contributed by atoms with Crippen LogP contribution in [0.15, 0.2) is 42.5 Å². The van der Waals surface area contributed by atoms with Gasteiger partial charge in [0.25, 0.3) is 5.91 Å². The summed E-state index contributed by atoms with van der Waals surface area (Å²) in [7, 11) is 0. The Morgan fingerprint density at radius 2 is 1.68 bits per heavy atom. The second-order valence-corrected chi connectivity index (χ2v) is 12.8. The molecule has 1 aliphatic heterocycles. The quantitative estimate of drug-likeness (QED) is 0.587. The maximum atomic E-state index is 13.2. The Balaban J connectivity index is 1.20. The minimum Gasteiger partial charge on any atom is -0.489 e. The molecular weight excluding hydrogens is 462 g/mol. The van der Waals surface area contributed by atoms with Gasteiger partial charge in [-0.15, -0.1) is 0 Å². The lowest BCUT2D eigenvalue weighted by Crippen LogP contribution is -2.74. The fourth-order valence-electron chi connectivity index (χ4n) is 7.29. The lowest BCUT2D eigenvalue weighted by atomic mass is 9.49. The van der Waals surface area contributed by atoms with Gasteiger partial charge in [0.2, 0.25) is 0 Å². The molecule has 2 aliphatic carbocycles. The molecule has 2 aromatic rings. The van der Waals surface area contributed by atoms with E-state index in [0.717, 1.165) is 55.8 Å². The monoisotopic (exact) mass is 501 g/mol. The molecule has 6 nitrogen and oxygen atoms in total. The Bertz CT molecular complexity index is 1200. The summed E-state index contributed by atoms with van der Waals surface area (Å²) in [6.07, 6.45) is 3.84. The summed E-state index contributed by atoms with van der Waals surface area (Å²) in [5.41, 5.74) is 3.21. The molecule has 6 heteroatoms. The number of benzene rings is 2. The summed E-state index contributed by atoms with van der Waals surface area (Å²) < 4.78 is 6.41. The second-order valence-electron chi connectivity index (χ2n) is 12.8. The largest absolute Gasteiger partial charge is 0.489 e. The van der Waals surface area contributed by atoms with Crippen LogP contribution in [0.3, 0.4) is 0 Å². The highest BCUT2D eigenvalue weighted by molar-refractivity contribution is 5.95. The van der Waals surface area contributed by atoms with Crippen LogP contribution in [-0.4, -0.2) is 42.4 Å². The van der Waals surface area contributed by atoms with Crippen molar-refractivity contribution in [1.29, 1.82) is 5.26 Å². The first kappa shape index (κ1) is 25.6. The Morgan fingerprint density at radius 1 is 1.05 bits per heavy atom. The molecule has 0 atom stereocenters. The molecule has 3 aliphatic rings. The van der Waals surface area contributed by atoms with E-state index >= 15 is 0 Å². The van der Waals surface area contributed by atoms with Crippen molar-refractivity contribution in [2.24, 2.45) is 16.2 Å². The van der Waals surface area contributed by atoms with E-state index in [0.29, 0.717) is 16.5 Å². The van der Waals surface area contributed by atoms with Crippen molar-refractivity contribution in [3.63, 3.8) is 0 Å². The predicted molar refractivity (Wildman–Crippen MR) is 145 cm³/mol. The van der Waals surface area contributed by atoms with Gasteiger partial charge < -0.3 is 20.1 Å². The highest BCUT2D eigenvalue weighted by Crippen LogP contribution is 2.55. The van der Waals surface area contributed by atoms with Gasteiger partial charge in [0, 0.05) is 46.6 Å². The Kier molecular flexibility index (Phi) is 6.27. The van der Waals surface area contributed by atoms with Gasteiger partial charge in [0.05, 0.1) is 17.7 Å². The molecule has 196 valence electrons. The third-order valence-electron chi connectivity index (χ3n) is 9.25. The molecule has 2 saturated carbocycles. The maximum Gasteiger partial charge on any atom is 0.251 e. The van der Waals surface area contributed by atoms with Crippen molar-refractivity contribution in [1.82, 2.24) is 5.32 Å². The lowest BCUT2D eigenvalue weighted by molar-refractivity contribution is -0.164. The van der Waals surface area contributed by atoms with Gasteiger partial charge in [-0.3, -0.25) is 4.79 Å². The average Bonchev–Trinajstić information content (AvgIpc) is 2.85. The van der Waals surface area contributed by atoms with Gasteiger partial charge in [-0.25, -0.2) is 0 Å². The molecule has 1 heterocycles. The molecule has 1 saturated heterocycles. The molecule has 2 aromatic carbocycles. The summed E-state index contributed by atoms with van der Waals surface area (Å²) in [5.74, 6) is 0.687. The van der Waals surface area contributed by atoms with Crippen LogP contribution in [-0.2, 0) is 0 Å². The summed E-state index contributed by atoms with van der Waals surface area (Å²) in [4.78, 5) is 15.6. The molecule has 3 fully saturated rings. The molecule has 0 bridgehead atoms. The number of amides is 1. The number of carbonyl (C=O) groups is 1. The topological polar surface area (TPSA) is 85.6 Å². The number of aryl methyl sites for hydroxylation is 1. The molecule has 0 radical (unpaired) electrons. The van der Waals surface area contributed by atoms with E-state index in [1.54, 1.807) is 6.07 Å². The summed E-state index contributed by atoms with van der Waals surface area (Å²) >= 11 is 0. The number of nitrogens with one attached hydrogen (secondary N) is 1. The van der Waals surface area contributed by atoms with Gasteiger partial charge in [-0.05, 0) is 80.6 Å². The number of carbonyl (C=O) groups excluding carboxylic acids is 1. The van der Waals surface area contributed by atoms with E-state index in [4.69, 9.17) is 4.74 Å². The third-order valence-corrected chi connectivity index (χ3v) is 9.25. The van der Waals surface area contributed by atoms with Crippen molar-refractivity contribution in [3.05, 3.63) is 59.2 Å². The Labute approximate surface area is 220 Å². The molecule has 1 amide bonds. The number of ether oxygens (including phenoxy) is 1. The highest BCUT2D eigenvalue weighted by atomic mass is 16.5. The molecular formula is C31H39N3O3. The molecule has 0 aromatic heterocycles. The smallest absolute Gasteiger partial charge is 0.251 e. The van der Waals surface area contributed by atoms with Crippen molar-refractivity contribution in [2.75, 3.05) is 18.0 Å². The van der Waals surface area contributed by atoms with E-state index < -0.39 is 0 Å². The number of anilines is 1. The Morgan fingerprint density at radius 3 is 2.24 bits per heavy atom. The maximum absolute atomic E-state index is 13.2. The van der Waals surface area contributed by atoms with Crippen molar-refractivity contribution < 1.29 is 14.6 Å². The molecule has 1 spiro atoms. The fraction of sp³-hybridized carbons (Fsp3) is 0.548. The summed E-state index contributed by atoms with van der Waals surface area (Å²) in [6.45, 7) is 12.5. The van der Waals surface area contributed by atoms with Crippen LogP contribution in [0.1, 0.15) is 74.9 Å². The molecule has 0 unspecified atom stereocenters. The van der Waals surface area contributed by atoms with Crippen LogP contribution < -0.4 is 15.0 Å². The van der Waals surface area contributed by atoms with E-state index in [-0.39, 0.29) is 35.0 Å². The van der Waals surface area contributed by atoms with Gasteiger partial charge in [0.1, 0.15) is 11.9 Å². The van der Waals surface area contributed by atoms with Gasteiger partial charge in [0.15, 0.2) is 0 Å². The predicted octanol–water partition coefficient (Wildman–Crippen LogP) is 5.22. The van der Waals surface area contributed by atoms with E-state index in [1.165, 1.54) is 0 Å². The van der Waals surface area contributed by atoms with Crippen LogP contribution in [0.2, 0.25) is 0 Å². The zero-order chi connectivity index (χ0) is 26.6. The number of rotatable bonds is 5. The van der Waals surface area contributed by atoms with E-state index in [1.807, 2.05) is 31.2 Å². The number of hydrogen-bond acceptors (Lipinski definition) is 5. The number of aliphatic hydroxyl groups is 1. The lowest BCUT2D eigenvalue weighted by Gasteiger charge is -2.63. The fourth-order valence-corrected chi connectivity index (χ4v) is 7.29. The number of hydrogen-bond donors (Lipinski definition) is 2. The average molecular weight is 502 g/mol. The van der Waals surface area contributed by atoms with E-state index in [2.05, 4.69) is 56.1 Å². The number of aliphatic hydroxyl groups excluding tert-OH is 1. The van der Waals surface area contributed by atoms with Crippen LogP contribution in [0.5, 0.6) is 5.75 Å². The molecule has 37 heavy (non-hydrogen) atoms. The van der Waals surface area contributed by atoms with Gasteiger partial charge in [-0.2, -0.15) is 5.26 Å². The first-order valence-electron chi connectivity index (χ1n) is 13.5. The summed E-state index contributed by atoms with van der Waals surface area (Å²) in [6, 6.07) is 15.7. The minimum atomic E-state index is -0.263. The first-order valence-corrected chi connectivity index (χ1v) is 13.5. The van der Waals surface area contributed by atoms with Gasteiger partial charge >= 0.3 is 0 Å². The van der Waals surface area contributed by atoms with Crippen LogP contribution >= 0.6 is 0 Å². The molecule has 2 N–H and O–H groups in total. The zero-order valence-corrected chi connectivity index (χ0v) is 22.7. The minimum absolute atomic E-state index is 0.0476. The standard InChI is InChI=1S/C31H39N3O3/c1-20-16-25(11-8-22(20)17-32)37-28-29(2,3)27(30(28,4)5)33-26(36)21-6-9-23(10-7-21)34-18-31(19-34)14-12-24(35)13-15-31/h6-11,16,24,27-28,35H,12-15,18-19H2,1-5H3,(H,33,36). The zero-order valence-electron chi connectivity index (χ0n) is 22.7. The summed E-state index contributed by atoms with van der Waals surface area (Å²) in [5, 5.41) is 22.3. The van der Waals surface area contributed by atoms with E-state index in [9.17, 15) is 15.2 Å². The first-order chi connectivity index (χ1) is 17.4. The normalized spacial score (nSPS) is 25.5. The SMILES string of the molecule is Cc1cc(OC2C(C)(C)C(NC(=O)c3ccc(N4CC5(CCC(O)CC5)C4)cc3)C2(C)C)ccc1C#N. The number of nitrogens with zero attached hydrogens (tertiary/aromatic N) is 2. The van der Waals surface area contributed by atoms with Crippen molar-refractivity contribution in [3.8, 4) is 11.8 Å².